The molecule has 1 aliphatic heterocycles. The van der Waals surface area contributed by atoms with Gasteiger partial charge >= 0.3 is 5.97 Å². The van der Waals surface area contributed by atoms with E-state index in [1.807, 2.05) is 0 Å². The summed E-state index contributed by atoms with van der Waals surface area (Å²) in [6.07, 6.45) is -0.361. The van der Waals surface area contributed by atoms with Gasteiger partial charge in [0.15, 0.2) is 0 Å². The van der Waals surface area contributed by atoms with E-state index < -0.39 is 59.9 Å². The third-order valence-electron chi connectivity index (χ3n) is 5.65. The molecular weight excluding hydrogens is 458 g/mol. The molecule has 0 spiro atoms. The first kappa shape index (κ1) is 27.7. The van der Waals surface area contributed by atoms with Crippen molar-refractivity contribution < 1.29 is 34.2 Å². The highest BCUT2D eigenvalue weighted by Gasteiger charge is 2.33. The minimum Gasteiger partial charge on any atom is -0.480 e. The minimum atomic E-state index is -1.37. The van der Waals surface area contributed by atoms with Gasteiger partial charge in [-0.3, -0.25) is 19.2 Å². The second kappa shape index (κ2) is 13.4. The predicted octanol–water partition coefficient (Wildman–Crippen LogP) is -1.83. The number of carbonyl (C=O) groups excluding carboxylic acids is 4. The highest BCUT2D eigenvalue weighted by Crippen LogP contribution is 2.08. The Hall–Kier alpha value is -3.51. The van der Waals surface area contributed by atoms with Crippen LogP contribution in [0, 0.1) is 0 Å². The lowest BCUT2D eigenvalue weighted by molar-refractivity contribution is -0.142. The molecule has 35 heavy (non-hydrogen) atoms. The van der Waals surface area contributed by atoms with E-state index in [1.54, 1.807) is 30.3 Å². The second-order valence-electron chi connectivity index (χ2n) is 8.53. The Morgan fingerprint density at radius 3 is 2.26 bits per heavy atom. The van der Waals surface area contributed by atoms with Crippen LogP contribution < -0.4 is 27.0 Å². The maximum absolute atomic E-state index is 12.9. The average Bonchev–Trinajstić information content (AvgIpc) is 3.34. The molecule has 1 heterocycles. The molecule has 0 bridgehead atoms. The molecule has 4 amide bonds. The lowest BCUT2D eigenvalue weighted by atomic mass is 10.0. The Balaban J connectivity index is 2.11. The number of benzene rings is 1. The Bertz CT molecular complexity index is 903. The number of primary amides is 1. The zero-order valence-corrected chi connectivity index (χ0v) is 19.5. The summed E-state index contributed by atoms with van der Waals surface area (Å²) in [5, 5.41) is 29.9. The van der Waals surface area contributed by atoms with Gasteiger partial charge in [-0.15, -0.1) is 0 Å². The molecule has 2 rings (SSSR count). The Labute approximate surface area is 203 Å². The van der Waals surface area contributed by atoms with Crippen LogP contribution in [0.5, 0.6) is 0 Å². The van der Waals surface area contributed by atoms with Crippen LogP contribution in [0.2, 0.25) is 0 Å². The summed E-state index contributed by atoms with van der Waals surface area (Å²) in [7, 11) is 0. The van der Waals surface area contributed by atoms with Crippen molar-refractivity contribution in [2.75, 3.05) is 6.54 Å². The van der Waals surface area contributed by atoms with E-state index >= 15 is 0 Å². The van der Waals surface area contributed by atoms with Gasteiger partial charge in [-0.25, -0.2) is 4.79 Å². The summed E-state index contributed by atoms with van der Waals surface area (Å²) in [4.78, 5) is 61.3. The van der Waals surface area contributed by atoms with Crippen LogP contribution >= 0.6 is 0 Å². The first-order valence-corrected chi connectivity index (χ1v) is 11.5. The second-order valence-corrected chi connectivity index (χ2v) is 8.53. The first-order valence-electron chi connectivity index (χ1n) is 11.5. The number of nitrogens with one attached hydrogen (secondary N) is 4. The van der Waals surface area contributed by atoms with Crippen LogP contribution in [0.25, 0.3) is 0 Å². The van der Waals surface area contributed by atoms with Crippen LogP contribution in [-0.2, 0) is 30.4 Å². The number of hydrogen-bond acceptors (Lipinski definition) is 7. The van der Waals surface area contributed by atoms with E-state index in [1.165, 1.54) is 6.92 Å². The Morgan fingerprint density at radius 1 is 1.06 bits per heavy atom. The monoisotopic (exact) mass is 491 g/mol. The summed E-state index contributed by atoms with van der Waals surface area (Å²) >= 11 is 0. The molecule has 8 N–H and O–H groups in total. The molecule has 0 aliphatic carbocycles. The topological polar surface area (TPSA) is 200 Å². The maximum Gasteiger partial charge on any atom is 0.326 e. The van der Waals surface area contributed by atoms with Crippen molar-refractivity contribution in [3.8, 4) is 0 Å². The minimum absolute atomic E-state index is 0.000849. The molecule has 1 aliphatic rings. The standard InChI is InChI=1S/C23H33N5O7/c1-13(29)19(28-20(31)15-8-5-11-25-15)22(33)26-16(9-10-18(24)30)21(32)27-17(23(34)35)12-14-6-3-2-4-7-14/h2-4,6-7,13,15-17,19,25,29H,5,8-12H2,1H3,(H2,24,30)(H,26,33)(H,27,32)(H,28,31)(H,34,35)/t13-,15+,16+,17+,19+/m1/s1. The van der Waals surface area contributed by atoms with Gasteiger partial charge in [0.25, 0.3) is 0 Å². The molecule has 12 heteroatoms. The quantitative estimate of drug-likeness (QED) is 0.167. The lowest BCUT2D eigenvalue weighted by Gasteiger charge is -2.26. The number of hydrogen-bond donors (Lipinski definition) is 7. The predicted molar refractivity (Wildman–Crippen MR) is 125 cm³/mol. The number of carboxylic acid groups (broad SMARTS) is 1. The van der Waals surface area contributed by atoms with Crippen LogP contribution in [0.4, 0.5) is 0 Å². The normalized spacial score (nSPS) is 18.5. The number of carboxylic acids is 1. The highest BCUT2D eigenvalue weighted by atomic mass is 16.4. The molecular formula is C23H33N5O7. The van der Waals surface area contributed by atoms with Gasteiger partial charge in [-0.2, -0.15) is 0 Å². The highest BCUT2D eigenvalue weighted by molar-refractivity contribution is 5.94. The summed E-state index contributed by atoms with van der Waals surface area (Å²) in [6.45, 7) is 1.97. The number of carbonyl (C=O) groups is 5. The molecule has 12 nitrogen and oxygen atoms in total. The number of aliphatic carboxylic acids is 1. The fourth-order valence-electron chi connectivity index (χ4n) is 3.71. The Kier molecular flexibility index (Phi) is 10.6. The molecule has 0 aromatic heterocycles. The lowest BCUT2D eigenvalue weighted by Crippen LogP contribution is -2.59. The van der Waals surface area contributed by atoms with Crippen LogP contribution in [0.1, 0.15) is 38.2 Å². The van der Waals surface area contributed by atoms with E-state index in [0.29, 0.717) is 18.5 Å². The summed E-state index contributed by atoms with van der Waals surface area (Å²) in [5.74, 6) is -4.15. The van der Waals surface area contributed by atoms with Crippen molar-refractivity contribution >= 4 is 29.6 Å². The van der Waals surface area contributed by atoms with Crippen LogP contribution in [0.15, 0.2) is 30.3 Å². The van der Waals surface area contributed by atoms with Crippen molar-refractivity contribution in [2.24, 2.45) is 5.73 Å². The molecule has 1 saturated heterocycles. The number of aliphatic hydroxyl groups is 1. The smallest absolute Gasteiger partial charge is 0.326 e. The summed E-state index contributed by atoms with van der Waals surface area (Å²) in [6, 6.07) is 4.19. The number of rotatable bonds is 13. The van der Waals surface area contributed by atoms with Gasteiger partial charge < -0.3 is 37.2 Å². The molecule has 192 valence electrons. The van der Waals surface area contributed by atoms with Crippen molar-refractivity contribution in [1.82, 2.24) is 21.3 Å². The third-order valence-corrected chi connectivity index (χ3v) is 5.65. The van der Waals surface area contributed by atoms with Gasteiger partial charge in [0.05, 0.1) is 12.1 Å². The van der Waals surface area contributed by atoms with E-state index in [-0.39, 0.29) is 19.3 Å². The largest absolute Gasteiger partial charge is 0.480 e. The van der Waals surface area contributed by atoms with Gasteiger partial charge in [0, 0.05) is 12.8 Å². The number of amides is 4. The zero-order valence-electron chi connectivity index (χ0n) is 19.5. The molecule has 1 aromatic carbocycles. The maximum atomic E-state index is 12.9. The fraction of sp³-hybridized carbons (Fsp3) is 0.522. The van der Waals surface area contributed by atoms with E-state index in [2.05, 4.69) is 21.3 Å². The molecule has 0 radical (unpaired) electrons. The van der Waals surface area contributed by atoms with Gasteiger partial charge in [-0.05, 0) is 38.3 Å². The first-order chi connectivity index (χ1) is 16.6. The molecule has 1 aromatic rings. The summed E-state index contributed by atoms with van der Waals surface area (Å²) in [5.41, 5.74) is 5.86. The average molecular weight is 492 g/mol. The molecule has 0 unspecified atom stereocenters. The molecule has 0 saturated carbocycles. The van der Waals surface area contributed by atoms with E-state index in [4.69, 9.17) is 5.73 Å². The van der Waals surface area contributed by atoms with E-state index in [0.717, 1.165) is 6.42 Å². The van der Waals surface area contributed by atoms with Crippen LogP contribution in [-0.4, -0.2) is 76.6 Å². The Morgan fingerprint density at radius 2 is 1.71 bits per heavy atom. The summed E-state index contributed by atoms with van der Waals surface area (Å²) < 4.78 is 0. The zero-order chi connectivity index (χ0) is 26.0. The van der Waals surface area contributed by atoms with Crippen molar-refractivity contribution in [3.05, 3.63) is 35.9 Å². The third kappa shape index (κ3) is 8.98. The fourth-order valence-corrected chi connectivity index (χ4v) is 3.71. The van der Waals surface area contributed by atoms with Crippen molar-refractivity contribution in [2.45, 2.75) is 69.3 Å². The van der Waals surface area contributed by atoms with Crippen molar-refractivity contribution in [1.29, 1.82) is 0 Å². The molecule has 1 fully saturated rings. The van der Waals surface area contributed by atoms with Gasteiger partial charge in [0.1, 0.15) is 18.1 Å². The van der Waals surface area contributed by atoms with Gasteiger partial charge in [0.2, 0.25) is 23.6 Å². The molecule has 5 atom stereocenters. The number of aliphatic hydroxyl groups excluding tert-OH is 1. The van der Waals surface area contributed by atoms with Gasteiger partial charge in [-0.1, -0.05) is 30.3 Å². The SMILES string of the molecule is C[C@@H](O)[C@H](NC(=O)[C@@H]1CCCN1)C(=O)N[C@@H](CCC(N)=O)C(=O)N[C@@H](Cc1ccccc1)C(=O)O. The van der Waals surface area contributed by atoms with Crippen molar-refractivity contribution in [3.63, 3.8) is 0 Å². The van der Waals surface area contributed by atoms with Crippen LogP contribution in [0.3, 0.4) is 0 Å². The van der Waals surface area contributed by atoms with E-state index in [9.17, 15) is 34.2 Å². The number of nitrogens with two attached hydrogens (primary N) is 1.